The smallest absolute Gasteiger partial charge is 0.0247 e. The zero-order valence-electron chi connectivity index (χ0n) is 11.4. The summed E-state index contributed by atoms with van der Waals surface area (Å²) >= 11 is 0. The highest BCUT2D eigenvalue weighted by Crippen LogP contribution is 2.33. The van der Waals surface area contributed by atoms with Gasteiger partial charge in [-0.1, -0.05) is 27.2 Å². The average Bonchev–Trinajstić information content (AvgIpc) is 2.63. The maximum Gasteiger partial charge on any atom is 0.0247 e. The Morgan fingerprint density at radius 1 is 1.19 bits per heavy atom. The molecule has 0 aromatic carbocycles. The largest absolute Gasteiger partial charge is 0.311 e. The maximum atomic E-state index is 3.64. The molecule has 0 amide bonds. The summed E-state index contributed by atoms with van der Waals surface area (Å²) in [4.78, 5) is 2.82. The van der Waals surface area contributed by atoms with E-state index in [1.165, 1.54) is 32.4 Å². The molecule has 1 N–H and O–H groups in total. The minimum Gasteiger partial charge on any atom is -0.311 e. The molecule has 1 saturated heterocycles. The van der Waals surface area contributed by atoms with Crippen molar-refractivity contribution in [1.29, 1.82) is 0 Å². The fourth-order valence-corrected chi connectivity index (χ4v) is 3.57. The van der Waals surface area contributed by atoms with Gasteiger partial charge in [0.05, 0.1) is 0 Å². The molecular formula is C14H28N2. The van der Waals surface area contributed by atoms with Gasteiger partial charge in [0.2, 0.25) is 0 Å². The van der Waals surface area contributed by atoms with E-state index < -0.39 is 0 Å². The van der Waals surface area contributed by atoms with E-state index in [4.69, 9.17) is 0 Å². The standard InChI is InChI=1S/C14H28N2/c1-10(2)14-8-15-12(4)9-16(14)13-7-5-6-11(13)3/h10-15H,5-9H2,1-4H3. The second kappa shape index (κ2) is 5.05. The van der Waals surface area contributed by atoms with Crippen molar-refractivity contribution in [3.63, 3.8) is 0 Å². The first-order valence-corrected chi connectivity index (χ1v) is 7.08. The van der Waals surface area contributed by atoms with E-state index in [-0.39, 0.29) is 0 Å². The van der Waals surface area contributed by atoms with Crippen molar-refractivity contribution < 1.29 is 0 Å². The quantitative estimate of drug-likeness (QED) is 0.775. The Balaban J connectivity index is 2.07. The van der Waals surface area contributed by atoms with E-state index >= 15 is 0 Å². The third-order valence-corrected chi connectivity index (χ3v) is 4.60. The summed E-state index contributed by atoms with van der Waals surface area (Å²) in [5, 5.41) is 3.64. The second-order valence-electron chi connectivity index (χ2n) is 6.29. The lowest BCUT2D eigenvalue weighted by atomic mass is 9.93. The van der Waals surface area contributed by atoms with Gasteiger partial charge in [0.25, 0.3) is 0 Å². The zero-order valence-corrected chi connectivity index (χ0v) is 11.4. The van der Waals surface area contributed by atoms with Gasteiger partial charge in [0.1, 0.15) is 0 Å². The van der Waals surface area contributed by atoms with Gasteiger partial charge >= 0.3 is 0 Å². The van der Waals surface area contributed by atoms with Crippen LogP contribution in [-0.2, 0) is 0 Å². The van der Waals surface area contributed by atoms with Crippen LogP contribution in [0.25, 0.3) is 0 Å². The van der Waals surface area contributed by atoms with Crippen LogP contribution in [0, 0.1) is 11.8 Å². The van der Waals surface area contributed by atoms with E-state index in [0.29, 0.717) is 6.04 Å². The Hall–Kier alpha value is -0.0800. The lowest BCUT2D eigenvalue weighted by molar-refractivity contribution is 0.0454. The summed E-state index contributed by atoms with van der Waals surface area (Å²) in [6.07, 6.45) is 4.31. The molecule has 1 aliphatic heterocycles. The van der Waals surface area contributed by atoms with Gasteiger partial charge in [-0.2, -0.15) is 0 Å². The zero-order chi connectivity index (χ0) is 11.7. The van der Waals surface area contributed by atoms with Crippen molar-refractivity contribution in [1.82, 2.24) is 10.2 Å². The van der Waals surface area contributed by atoms with Gasteiger partial charge in [-0.3, -0.25) is 4.90 Å². The first-order valence-electron chi connectivity index (χ1n) is 7.08. The van der Waals surface area contributed by atoms with Crippen LogP contribution >= 0.6 is 0 Å². The van der Waals surface area contributed by atoms with Crippen molar-refractivity contribution in [2.75, 3.05) is 13.1 Å². The van der Waals surface area contributed by atoms with Gasteiger partial charge in [-0.15, -0.1) is 0 Å². The fourth-order valence-electron chi connectivity index (χ4n) is 3.57. The second-order valence-corrected chi connectivity index (χ2v) is 6.29. The highest BCUT2D eigenvalue weighted by atomic mass is 15.3. The number of hydrogen-bond donors (Lipinski definition) is 1. The number of rotatable bonds is 2. The Morgan fingerprint density at radius 2 is 1.94 bits per heavy atom. The monoisotopic (exact) mass is 224 g/mol. The third kappa shape index (κ3) is 2.43. The minimum absolute atomic E-state index is 0.669. The predicted octanol–water partition coefficient (Wildman–Crippen LogP) is 2.49. The summed E-state index contributed by atoms with van der Waals surface area (Å²) < 4.78 is 0. The molecule has 1 saturated carbocycles. The van der Waals surface area contributed by atoms with Crippen LogP contribution in [0.1, 0.15) is 47.0 Å². The highest BCUT2D eigenvalue weighted by Gasteiger charge is 2.37. The third-order valence-electron chi connectivity index (χ3n) is 4.60. The van der Waals surface area contributed by atoms with Crippen molar-refractivity contribution >= 4 is 0 Å². The molecule has 0 radical (unpaired) electrons. The van der Waals surface area contributed by atoms with Crippen molar-refractivity contribution in [3.8, 4) is 0 Å². The molecule has 2 rings (SSSR count). The Morgan fingerprint density at radius 3 is 2.50 bits per heavy atom. The molecule has 2 nitrogen and oxygen atoms in total. The SMILES string of the molecule is CC1CN(C2CCCC2C)C(C(C)C)CN1. The van der Waals surface area contributed by atoms with Crippen molar-refractivity contribution in [3.05, 3.63) is 0 Å². The van der Waals surface area contributed by atoms with Crippen LogP contribution in [0.5, 0.6) is 0 Å². The molecule has 0 aromatic rings. The van der Waals surface area contributed by atoms with Gasteiger partial charge in [-0.25, -0.2) is 0 Å². The first kappa shape index (κ1) is 12.4. The number of nitrogens with zero attached hydrogens (tertiary/aromatic N) is 1. The average molecular weight is 224 g/mol. The van der Waals surface area contributed by atoms with Gasteiger partial charge in [0, 0.05) is 31.2 Å². The van der Waals surface area contributed by atoms with Crippen LogP contribution in [0.15, 0.2) is 0 Å². The highest BCUT2D eigenvalue weighted by molar-refractivity contribution is 4.93. The number of hydrogen-bond acceptors (Lipinski definition) is 2. The minimum atomic E-state index is 0.669. The Kier molecular flexibility index (Phi) is 3.91. The van der Waals surface area contributed by atoms with Crippen LogP contribution in [0.4, 0.5) is 0 Å². The molecule has 4 unspecified atom stereocenters. The summed E-state index contributed by atoms with van der Waals surface area (Å²) in [7, 11) is 0. The summed E-state index contributed by atoms with van der Waals surface area (Å²) in [6, 6.07) is 2.28. The van der Waals surface area contributed by atoms with Gasteiger partial charge < -0.3 is 5.32 Å². The molecule has 4 atom stereocenters. The summed E-state index contributed by atoms with van der Waals surface area (Å²) in [5.41, 5.74) is 0. The lowest BCUT2D eigenvalue weighted by Crippen LogP contribution is -2.60. The van der Waals surface area contributed by atoms with Crippen LogP contribution in [0.2, 0.25) is 0 Å². The number of piperazine rings is 1. The summed E-state index contributed by atoms with van der Waals surface area (Å²) in [5.74, 6) is 1.68. The first-order chi connectivity index (χ1) is 7.59. The van der Waals surface area contributed by atoms with E-state index in [1.807, 2.05) is 0 Å². The van der Waals surface area contributed by atoms with E-state index in [9.17, 15) is 0 Å². The normalized spacial score (nSPS) is 41.8. The Labute approximate surface area is 101 Å². The van der Waals surface area contributed by atoms with Crippen LogP contribution < -0.4 is 5.32 Å². The fraction of sp³-hybridized carbons (Fsp3) is 1.00. The molecular weight excluding hydrogens is 196 g/mol. The Bertz CT molecular complexity index is 225. The van der Waals surface area contributed by atoms with Crippen LogP contribution in [-0.4, -0.2) is 36.1 Å². The molecule has 2 aliphatic rings. The molecule has 2 fully saturated rings. The number of nitrogens with one attached hydrogen (secondary N) is 1. The van der Waals surface area contributed by atoms with E-state index in [2.05, 4.69) is 37.9 Å². The van der Waals surface area contributed by atoms with E-state index in [0.717, 1.165) is 23.9 Å². The lowest BCUT2D eigenvalue weighted by Gasteiger charge is -2.46. The summed E-state index contributed by atoms with van der Waals surface area (Å²) in [6.45, 7) is 11.9. The van der Waals surface area contributed by atoms with Gasteiger partial charge in [0.15, 0.2) is 0 Å². The molecule has 94 valence electrons. The topological polar surface area (TPSA) is 15.3 Å². The van der Waals surface area contributed by atoms with Gasteiger partial charge in [-0.05, 0) is 31.6 Å². The van der Waals surface area contributed by atoms with Crippen molar-refractivity contribution in [2.24, 2.45) is 11.8 Å². The van der Waals surface area contributed by atoms with Crippen molar-refractivity contribution in [2.45, 2.75) is 65.1 Å². The molecule has 16 heavy (non-hydrogen) atoms. The molecule has 1 aliphatic carbocycles. The van der Waals surface area contributed by atoms with E-state index in [1.54, 1.807) is 0 Å². The maximum absolute atomic E-state index is 3.64. The predicted molar refractivity (Wildman–Crippen MR) is 69.6 cm³/mol. The molecule has 0 bridgehead atoms. The molecule has 1 heterocycles. The molecule has 2 heteroatoms. The van der Waals surface area contributed by atoms with Crippen LogP contribution in [0.3, 0.4) is 0 Å². The molecule has 0 aromatic heterocycles. The molecule has 0 spiro atoms.